The predicted octanol–water partition coefficient (Wildman–Crippen LogP) is 0.209. The lowest BCUT2D eigenvalue weighted by Crippen LogP contribution is -2.39. The zero-order valence-electron chi connectivity index (χ0n) is 9.48. The van der Waals surface area contributed by atoms with Gasteiger partial charge in [-0.25, -0.2) is 4.98 Å². The van der Waals surface area contributed by atoms with Crippen LogP contribution in [0.1, 0.15) is 5.56 Å². The summed E-state index contributed by atoms with van der Waals surface area (Å²) >= 11 is 0. The molecule has 0 aliphatic rings. The van der Waals surface area contributed by atoms with Gasteiger partial charge in [-0.2, -0.15) is 5.10 Å². The van der Waals surface area contributed by atoms with Gasteiger partial charge in [0, 0.05) is 6.04 Å². The first kappa shape index (κ1) is 11.8. The van der Waals surface area contributed by atoms with Crippen LogP contribution in [-0.4, -0.2) is 32.0 Å². The first-order chi connectivity index (χ1) is 8.25. The van der Waals surface area contributed by atoms with Gasteiger partial charge in [-0.3, -0.25) is 4.68 Å². The number of rotatable bonds is 5. The molecule has 17 heavy (non-hydrogen) atoms. The molecule has 5 nitrogen and oxygen atoms in total. The van der Waals surface area contributed by atoms with E-state index in [2.05, 4.69) is 10.1 Å². The number of aliphatic hydroxyl groups excluding tert-OH is 1. The van der Waals surface area contributed by atoms with E-state index < -0.39 is 6.10 Å². The monoisotopic (exact) mass is 232 g/mol. The van der Waals surface area contributed by atoms with Crippen molar-refractivity contribution in [3.8, 4) is 0 Å². The van der Waals surface area contributed by atoms with Crippen LogP contribution in [0.5, 0.6) is 0 Å². The second-order valence-electron chi connectivity index (χ2n) is 4.04. The van der Waals surface area contributed by atoms with Crippen LogP contribution in [0.25, 0.3) is 0 Å². The van der Waals surface area contributed by atoms with E-state index in [9.17, 15) is 5.11 Å². The van der Waals surface area contributed by atoms with Gasteiger partial charge < -0.3 is 10.8 Å². The van der Waals surface area contributed by atoms with Gasteiger partial charge in [-0.15, -0.1) is 0 Å². The van der Waals surface area contributed by atoms with Crippen molar-refractivity contribution < 1.29 is 5.11 Å². The van der Waals surface area contributed by atoms with Crippen molar-refractivity contribution in [3.63, 3.8) is 0 Å². The minimum absolute atomic E-state index is 0.304. The third-order valence-corrected chi connectivity index (χ3v) is 2.65. The SMILES string of the molecule is N[C@H](Cc1ccccc1)[C@@H](O)Cn1cncn1. The van der Waals surface area contributed by atoms with E-state index in [4.69, 9.17) is 5.73 Å². The molecule has 1 aromatic carbocycles. The molecular weight excluding hydrogens is 216 g/mol. The lowest BCUT2D eigenvalue weighted by atomic mass is 10.0. The summed E-state index contributed by atoms with van der Waals surface area (Å²) in [7, 11) is 0. The molecule has 0 amide bonds. The topological polar surface area (TPSA) is 77.0 Å². The molecule has 0 radical (unpaired) electrons. The fraction of sp³-hybridized carbons (Fsp3) is 0.333. The van der Waals surface area contributed by atoms with E-state index in [1.54, 1.807) is 11.0 Å². The Morgan fingerprint density at radius 2 is 2.06 bits per heavy atom. The Labute approximate surface area is 99.9 Å². The van der Waals surface area contributed by atoms with Gasteiger partial charge in [0.2, 0.25) is 0 Å². The van der Waals surface area contributed by atoms with Crippen molar-refractivity contribution in [1.82, 2.24) is 14.8 Å². The summed E-state index contributed by atoms with van der Waals surface area (Å²) in [6.45, 7) is 0.369. The molecule has 3 N–H and O–H groups in total. The summed E-state index contributed by atoms with van der Waals surface area (Å²) in [6.07, 6.45) is 3.03. The van der Waals surface area contributed by atoms with Crippen LogP contribution in [0.15, 0.2) is 43.0 Å². The van der Waals surface area contributed by atoms with Crippen molar-refractivity contribution in [2.24, 2.45) is 5.73 Å². The van der Waals surface area contributed by atoms with Gasteiger partial charge in [-0.1, -0.05) is 30.3 Å². The molecule has 2 atom stereocenters. The molecule has 0 fully saturated rings. The van der Waals surface area contributed by atoms with Crippen LogP contribution < -0.4 is 5.73 Å². The van der Waals surface area contributed by atoms with E-state index in [0.29, 0.717) is 13.0 Å². The molecule has 0 aliphatic carbocycles. The maximum absolute atomic E-state index is 9.94. The highest BCUT2D eigenvalue weighted by atomic mass is 16.3. The van der Waals surface area contributed by atoms with Gasteiger partial charge in [0.25, 0.3) is 0 Å². The van der Waals surface area contributed by atoms with Gasteiger partial charge >= 0.3 is 0 Å². The Kier molecular flexibility index (Phi) is 3.85. The van der Waals surface area contributed by atoms with Crippen LogP contribution in [0.4, 0.5) is 0 Å². The molecule has 0 spiro atoms. The molecule has 2 rings (SSSR count). The number of hydrogen-bond acceptors (Lipinski definition) is 4. The molecule has 0 unspecified atom stereocenters. The van der Waals surface area contributed by atoms with E-state index in [-0.39, 0.29) is 6.04 Å². The van der Waals surface area contributed by atoms with Gasteiger partial charge in [0.15, 0.2) is 0 Å². The molecule has 5 heteroatoms. The minimum Gasteiger partial charge on any atom is -0.390 e. The molecule has 1 aromatic heterocycles. The zero-order chi connectivity index (χ0) is 12.1. The maximum Gasteiger partial charge on any atom is 0.137 e. The largest absolute Gasteiger partial charge is 0.390 e. The number of nitrogens with two attached hydrogens (primary N) is 1. The summed E-state index contributed by atoms with van der Waals surface area (Å²) in [5.74, 6) is 0. The van der Waals surface area contributed by atoms with E-state index in [1.807, 2.05) is 30.3 Å². The zero-order valence-corrected chi connectivity index (χ0v) is 9.48. The highest BCUT2D eigenvalue weighted by Gasteiger charge is 2.15. The number of nitrogens with zero attached hydrogens (tertiary/aromatic N) is 3. The van der Waals surface area contributed by atoms with E-state index in [1.165, 1.54) is 6.33 Å². The summed E-state index contributed by atoms with van der Waals surface area (Å²) in [5, 5.41) is 13.9. The maximum atomic E-state index is 9.94. The highest BCUT2D eigenvalue weighted by Crippen LogP contribution is 2.05. The van der Waals surface area contributed by atoms with Crippen molar-refractivity contribution in [2.75, 3.05) is 0 Å². The molecule has 0 aliphatic heterocycles. The molecule has 90 valence electrons. The van der Waals surface area contributed by atoms with Crippen molar-refractivity contribution in [2.45, 2.75) is 25.1 Å². The fourth-order valence-corrected chi connectivity index (χ4v) is 1.68. The van der Waals surface area contributed by atoms with Gasteiger partial charge in [0.1, 0.15) is 12.7 Å². The number of benzene rings is 1. The molecular formula is C12H16N4O. The average molecular weight is 232 g/mol. The van der Waals surface area contributed by atoms with Gasteiger partial charge in [-0.05, 0) is 12.0 Å². The van der Waals surface area contributed by atoms with Crippen molar-refractivity contribution in [3.05, 3.63) is 48.5 Å². The van der Waals surface area contributed by atoms with Crippen LogP contribution in [0.3, 0.4) is 0 Å². The summed E-state index contributed by atoms with van der Waals surface area (Å²) in [6, 6.07) is 9.59. The number of aromatic nitrogens is 3. The molecule has 2 aromatic rings. The van der Waals surface area contributed by atoms with Crippen LogP contribution >= 0.6 is 0 Å². The van der Waals surface area contributed by atoms with E-state index >= 15 is 0 Å². The second-order valence-corrected chi connectivity index (χ2v) is 4.04. The second kappa shape index (κ2) is 5.56. The number of hydrogen-bond donors (Lipinski definition) is 2. The highest BCUT2D eigenvalue weighted by molar-refractivity contribution is 5.16. The van der Waals surface area contributed by atoms with Crippen LogP contribution in [0.2, 0.25) is 0 Å². The van der Waals surface area contributed by atoms with Crippen molar-refractivity contribution >= 4 is 0 Å². The Morgan fingerprint density at radius 1 is 1.29 bits per heavy atom. The lowest BCUT2D eigenvalue weighted by Gasteiger charge is -2.18. The fourth-order valence-electron chi connectivity index (χ4n) is 1.68. The summed E-state index contributed by atoms with van der Waals surface area (Å²) in [4.78, 5) is 3.82. The Balaban J connectivity index is 1.89. The normalized spacial score (nSPS) is 14.5. The molecule has 0 bridgehead atoms. The van der Waals surface area contributed by atoms with E-state index in [0.717, 1.165) is 5.56 Å². The summed E-state index contributed by atoms with van der Waals surface area (Å²) in [5.41, 5.74) is 7.08. The molecule has 1 heterocycles. The molecule has 0 saturated carbocycles. The third-order valence-electron chi connectivity index (χ3n) is 2.65. The predicted molar refractivity (Wildman–Crippen MR) is 64.2 cm³/mol. The number of aliphatic hydroxyl groups is 1. The molecule has 0 saturated heterocycles. The first-order valence-electron chi connectivity index (χ1n) is 5.55. The minimum atomic E-state index is -0.628. The smallest absolute Gasteiger partial charge is 0.137 e. The first-order valence-corrected chi connectivity index (χ1v) is 5.55. The lowest BCUT2D eigenvalue weighted by molar-refractivity contribution is 0.120. The third kappa shape index (κ3) is 3.37. The van der Waals surface area contributed by atoms with Gasteiger partial charge in [0.05, 0.1) is 12.6 Å². The van der Waals surface area contributed by atoms with Crippen molar-refractivity contribution in [1.29, 1.82) is 0 Å². The van der Waals surface area contributed by atoms with Crippen LogP contribution in [0, 0.1) is 0 Å². The standard InChI is InChI=1S/C12H16N4O/c13-11(6-10-4-2-1-3-5-10)12(17)7-16-9-14-8-15-16/h1-5,8-9,11-12,17H,6-7,13H2/t11-,12+/m1/s1. The average Bonchev–Trinajstić information content (AvgIpc) is 2.83. The summed E-state index contributed by atoms with van der Waals surface area (Å²) < 4.78 is 1.58. The Morgan fingerprint density at radius 3 is 2.71 bits per heavy atom. The van der Waals surface area contributed by atoms with Crippen LogP contribution in [-0.2, 0) is 13.0 Å². The quantitative estimate of drug-likeness (QED) is 0.772. The Bertz CT molecular complexity index is 429. The Hall–Kier alpha value is -1.72.